The average Bonchev–Trinajstić information content (AvgIpc) is 2.48. The number of likely N-dealkylation sites (tertiary alicyclic amines) is 1. The van der Waals surface area contributed by atoms with Crippen molar-refractivity contribution in [2.45, 2.75) is 53.0 Å². The molecule has 0 aromatic heterocycles. The van der Waals surface area contributed by atoms with Gasteiger partial charge in [0.05, 0.1) is 0 Å². The van der Waals surface area contributed by atoms with Gasteiger partial charge in [-0.1, -0.05) is 27.7 Å². The van der Waals surface area contributed by atoms with Gasteiger partial charge in [-0.25, -0.2) is 0 Å². The van der Waals surface area contributed by atoms with Crippen molar-refractivity contribution < 1.29 is 0 Å². The molecule has 0 spiro atoms. The van der Waals surface area contributed by atoms with E-state index in [-0.39, 0.29) is 5.41 Å². The Morgan fingerprint density at radius 1 is 1.46 bits per heavy atom. The van der Waals surface area contributed by atoms with Gasteiger partial charge in [0.2, 0.25) is 0 Å². The molecule has 0 aliphatic carbocycles. The van der Waals surface area contributed by atoms with E-state index in [1.165, 1.54) is 19.3 Å². The van der Waals surface area contributed by atoms with Crippen molar-refractivity contribution in [3.63, 3.8) is 0 Å². The van der Waals surface area contributed by atoms with Crippen LogP contribution in [0.5, 0.6) is 0 Å². The van der Waals surface area contributed by atoms with Gasteiger partial charge in [0.1, 0.15) is 5.84 Å². The smallest absolute Gasteiger partial charge is 0.101 e. The van der Waals surface area contributed by atoms with Crippen molar-refractivity contribution >= 4 is 5.84 Å². The molecule has 1 N–H and O–H groups in total. The summed E-state index contributed by atoms with van der Waals surface area (Å²) in [4.78, 5) is 2.29. The molecule has 1 saturated heterocycles. The molecule has 1 aliphatic rings. The van der Waals surface area contributed by atoms with Crippen LogP contribution >= 0.6 is 0 Å². The zero-order valence-electron chi connectivity index (χ0n) is 9.35. The molecule has 0 aromatic carbocycles. The number of amidine groups is 1. The summed E-state index contributed by atoms with van der Waals surface area (Å²) in [5.74, 6) is 0.817. The van der Waals surface area contributed by atoms with E-state index in [0.29, 0.717) is 6.04 Å². The van der Waals surface area contributed by atoms with E-state index in [0.717, 1.165) is 12.4 Å². The molecule has 13 heavy (non-hydrogen) atoms. The fourth-order valence-corrected chi connectivity index (χ4v) is 1.99. The van der Waals surface area contributed by atoms with Gasteiger partial charge >= 0.3 is 0 Å². The molecule has 1 atom stereocenters. The van der Waals surface area contributed by atoms with Crippen LogP contribution in [0.15, 0.2) is 0 Å². The summed E-state index contributed by atoms with van der Waals surface area (Å²) in [6, 6.07) is 0.631. The maximum absolute atomic E-state index is 8.10. The second kappa shape index (κ2) is 3.69. The third-order valence-corrected chi connectivity index (χ3v) is 2.85. The molecule has 0 saturated carbocycles. The van der Waals surface area contributed by atoms with E-state index in [9.17, 15) is 0 Å². The number of hydrogen-bond donors (Lipinski definition) is 1. The molecule has 1 aliphatic heterocycles. The lowest BCUT2D eigenvalue weighted by molar-refractivity contribution is 0.337. The van der Waals surface area contributed by atoms with Gasteiger partial charge in [-0.3, -0.25) is 5.41 Å². The first-order chi connectivity index (χ1) is 5.96. The van der Waals surface area contributed by atoms with Crippen molar-refractivity contribution in [2.24, 2.45) is 5.41 Å². The van der Waals surface area contributed by atoms with Crippen LogP contribution in [0.4, 0.5) is 0 Å². The SMILES string of the molecule is CCC1CCCN1C(=N)C(C)(C)C. The lowest BCUT2D eigenvalue weighted by Gasteiger charge is -2.33. The predicted molar refractivity (Wildman–Crippen MR) is 57.2 cm³/mol. The van der Waals surface area contributed by atoms with Gasteiger partial charge in [-0.05, 0) is 19.3 Å². The second-order valence-electron chi connectivity index (χ2n) is 5.00. The molecule has 1 fully saturated rings. The highest BCUT2D eigenvalue weighted by Crippen LogP contribution is 2.26. The van der Waals surface area contributed by atoms with E-state index in [2.05, 4.69) is 32.6 Å². The fourth-order valence-electron chi connectivity index (χ4n) is 1.99. The minimum absolute atomic E-state index is 0.0117. The monoisotopic (exact) mass is 182 g/mol. The van der Waals surface area contributed by atoms with Gasteiger partial charge < -0.3 is 4.90 Å². The Labute approximate surface area is 81.8 Å². The molecular formula is C11H22N2. The minimum Gasteiger partial charge on any atom is -0.357 e. The van der Waals surface area contributed by atoms with Gasteiger partial charge in [0.15, 0.2) is 0 Å². The van der Waals surface area contributed by atoms with E-state index in [1.807, 2.05) is 0 Å². The Hall–Kier alpha value is -0.530. The van der Waals surface area contributed by atoms with Crippen LogP contribution in [0, 0.1) is 10.8 Å². The lowest BCUT2D eigenvalue weighted by atomic mass is 9.93. The Bertz CT molecular complexity index is 191. The third-order valence-electron chi connectivity index (χ3n) is 2.85. The first kappa shape index (κ1) is 10.6. The largest absolute Gasteiger partial charge is 0.357 e. The van der Waals surface area contributed by atoms with Crippen molar-refractivity contribution in [1.29, 1.82) is 5.41 Å². The molecule has 0 radical (unpaired) electrons. The van der Waals surface area contributed by atoms with Crippen molar-refractivity contribution in [1.82, 2.24) is 4.90 Å². The Morgan fingerprint density at radius 2 is 2.08 bits per heavy atom. The summed E-state index contributed by atoms with van der Waals surface area (Å²) in [6.45, 7) is 9.69. The van der Waals surface area contributed by atoms with Crippen LogP contribution in [0.3, 0.4) is 0 Å². The summed E-state index contributed by atoms with van der Waals surface area (Å²) >= 11 is 0. The number of rotatable bonds is 1. The highest BCUT2D eigenvalue weighted by molar-refractivity contribution is 5.84. The minimum atomic E-state index is 0.0117. The number of nitrogens with one attached hydrogen (secondary N) is 1. The Morgan fingerprint density at radius 3 is 2.54 bits per heavy atom. The van der Waals surface area contributed by atoms with E-state index >= 15 is 0 Å². The Kier molecular flexibility index (Phi) is 2.99. The van der Waals surface area contributed by atoms with Gasteiger partial charge in [0, 0.05) is 18.0 Å². The quantitative estimate of drug-likeness (QED) is 0.490. The van der Waals surface area contributed by atoms with E-state index in [1.54, 1.807) is 0 Å². The molecule has 76 valence electrons. The van der Waals surface area contributed by atoms with Crippen molar-refractivity contribution in [2.75, 3.05) is 6.54 Å². The van der Waals surface area contributed by atoms with E-state index < -0.39 is 0 Å². The Balaban J connectivity index is 2.66. The molecule has 0 amide bonds. The zero-order chi connectivity index (χ0) is 10.1. The van der Waals surface area contributed by atoms with E-state index in [4.69, 9.17) is 5.41 Å². The molecule has 1 rings (SSSR count). The van der Waals surface area contributed by atoms with Gasteiger partial charge in [-0.2, -0.15) is 0 Å². The second-order valence-corrected chi connectivity index (χ2v) is 5.00. The van der Waals surface area contributed by atoms with Crippen LogP contribution < -0.4 is 0 Å². The molecule has 2 heteroatoms. The highest BCUT2D eigenvalue weighted by atomic mass is 15.2. The van der Waals surface area contributed by atoms with Crippen molar-refractivity contribution in [3.8, 4) is 0 Å². The summed E-state index contributed by atoms with van der Waals surface area (Å²) in [6.07, 6.45) is 3.71. The third kappa shape index (κ3) is 2.23. The van der Waals surface area contributed by atoms with Crippen LogP contribution in [0.25, 0.3) is 0 Å². The summed E-state index contributed by atoms with van der Waals surface area (Å²) in [7, 11) is 0. The molecule has 2 nitrogen and oxygen atoms in total. The van der Waals surface area contributed by atoms with Crippen LogP contribution in [-0.2, 0) is 0 Å². The average molecular weight is 182 g/mol. The maximum Gasteiger partial charge on any atom is 0.101 e. The number of hydrogen-bond acceptors (Lipinski definition) is 1. The van der Waals surface area contributed by atoms with Gasteiger partial charge in [0.25, 0.3) is 0 Å². The molecule has 1 heterocycles. The number of nitrogens with zero attached hydrogens (tertiary/aromatic N) is 1. The first-order valence-corrected chi connectivity index (χ1v) is 5.32. The normalized spacial score (nSPS) is 23.7. The summed E-state index contributed by atoms with van der Waals surface area (Å²) in [5.41, 5.74) is 0.0117. The standard InChI is InChI=1S/C11H22N2/c1-5-9-7-6-8-13(9)10(12)11(2,3)4/h9,12H,5-8H2,1-4H3. The van der Waals surface area contributed by atoms with Crippen LogP contribution in [-0.4, -0.2) is 23.3 Å². The van der Waals surface area contributed by atoms with Crippen LogP contribution in [0.1, 0.15) is 47.0 Å². The summed E-state index contributed by atoms with van der Waals surface area (Å²) < 4.78 is 0. The molecule has 0 bridgehead atoms. The lowest BCUT2D eigenvalue weighted by Crippen LogP contribution is -2.41. The van der Waals surface area contributed by atoms with Crippen molar-refractivity contribution in [3.05, 3.63) is 0 Å². The molecule has 0 aromatic rings. The summed E-state index contributed by atoms with van der Waals surface area (Å²) in [5, 5.41) is 8.10. The van der Waals surface area contributed by atoms with Gasteiger partial charge in [-0.15, -0.1) is 0 Å². The predicted octanol–water partition coefficient (Wildman–Crippen LogP) is 2.88. The zero-order valence-corrected chi connectivity index (χ0v) is 9.35. The maximum atomic E-state index is 8.10. The molecular weight excluding hydrogens is 160 g/mol. The highest BCUT2D eigenvalue weighted by Gasteiger charge is 2.30. The first-order valence-electron chi connectivity index (χ1n) is 5.32. The molecule has 1 unspecified atom stereocenters. The van der Waals surface area contributed by atoms with Crippen LogP contribution in [0.2, 0.25) is 0 Å². The topological polar surface area (TPSA) is 27.1 Å². The fraction of sp³-hybridized carbons (Fsp3) is 0.909.